The quantitative estimate of drug-likeness (QED) is 0.821. The van der Waals surface area contributed by atoms with Crippen LogP contribution in [0, 0.1) is 13.1 Å². The fraction of sp³-hybridized carbons (Fsp3) is 0.182. The summed E-state index contributed by atoms with van der Waals surface area (Å²) in [6.07, 6.45) is 4.38. The summed E-state index contributed by atoms with van der Waals surface area (Å²) in [4.78, 5) is 14.5. The Morgan fingerprint density at radius 3 is 2.69 bits per heavy atom. The number of nitrogens with zero attached hydrogens (tertiary/aromatic N) is 3. The maximum Gasteiger partial charge on any atom is 0.354 e. The van der Waals surface area contributed by atoms with E-state index in [1.54, 1.807) is 10.7 Å². The first kappa shape index (κ1) is 10.4. The number of aromatic nitrogens is 3. The Hall–Kier alpha value is -2.17. The molecule has 2 aromatic rings. The van der Waals surface area contributed by atoms with Gasteiger partial charge in [-0.25, -0.2) is 9.78 Å². The molecule has 2 aromatic heterocycles. The van der Waals surface area contributed by atoms with E-state index in [1.807, 2.05) is 14.0 Å². The van der Waals surface area contributed by atoms with E-state index >= 15 is 0 Å². The first-order chi connectivity index (χ1) is 7.59. The van der Waals surface area contributed by atoms with Crippen molar-refractivity contribution in [1.29, 1.82) is 0 Å². The summed E-state index contributed by atoms with van der Waals surface area (Å²) >= 11 is 0. The second-order valence-electron chi connectivity index (χ2n) is 3.43. The van der Waals surface area contributed by atoms with E-state index in [9.17, 15) is 4.79 Å². The van der Waals surface area contributed by atoms with Crippen LogP contribution in [0.1, 0.15) is 16.2 Å². The lowest BCUT2D eigenvalue weighted by Crippen LogP contribution is -1.99. The molecule has 81 valence electrons. The summed E-state index contributed by atoms with van der Waals surface area (Å²) in [6.45, 7) is 1.92. The van der Waals surface area contributed by atoms with Gasteiger partial charge in [-0.3, -0.25) is 4.68 Å². The summed E-state index contributed by atoms with van der Waals surface area (Å²) in [7, 11) is 1.83. The molecule has 5 nitrogen and oxygen atoms in total. The predicted molar refractivity (Wildman–Crippen MR) is 57.0 cm³/mol. The van der Waals surface area contributed by atoms with Gasteiger partial charge in [-0.15, -0.1) is 0 Å². The fourth-order valence-corrected chi connectivity index (χ4v) is 1.38. The minimum absolute atomic E-state index is 0.0327. The number of hydrogen-bond donors (Lipinski definition) is 1. The van der Waals surface area contributed by atoms with Crippen molar-refractivity contribution in [3.8, 4) is 11.1 Å². The van der Waals surface area contributed by atoms with Gasteiger partial charge in [0.25, 0.3) is 0 Å². The van der Waals surface area contributed by atoms with Gasteiger partial charge in [-0.1, -0.05) is 6.07 Å². The van der Waals surface area contributed by atoms with Crippen molar-refractivity contribution in [2.45, 2.75) is 6.92 Å². The number of pyridine rings is 1. The minimum Gasteiger partial charge on any atom is -0.477 e. The van der Waals surface area contributed by atoms with Crippen LogP contribution in [0.4, 0.5) is 0 Å². The fourth-order valence-electron chi connectivity index (χ4n) is 1.38. The molecular weight excluding hydrogens is 206 g/mol. The van der Waals surface area contributed by atoms with Crippen molar-refractivity contribution in [3.63, 3.8) is 0 Å². The van der Waals surface area contributed by atoms with Gasteiger partial charge in [0.2, 0.25) is 0 Å². The lowest BCUT2D eigenvalue weighted by molar-refractivity contribution is 0.0690. The maximum atomic E-state index is 10.6. The smallest absolute Gasteiger partial charge is 0.354 e. The van der Waals surface area contributed by atoms with Crippen molar-refractivity contribution in [3.05, 3.63) is 35.9 Å². The zero-order valence-corrected chi connectivity index (χ0v) is 8.93. The maximum absolute atomic E-state index is 10.6. The van der Waals surface area contributed by atoms with Gasteiger partial charge in [-0.2, -0.15) is 5.10 Å². The molecule has 1 radical (unpaired) electrons. The Bertz CT molecular complexity index is 529. The van der Waals surface area contributed by atoms with Crippen LogP contribution in [-0.4, -0.2) is 25.8 Å². The molecule has 0 aliphatic heterocycles. The normalized spacial score (nSPS) is 10.4. The number of carbonyl (C=O) groups is 1. The third kappa shape index (κ3) is 1.67. The monoisotopic (exact) mass is 216 g/mol. The summed E-state index contributed by atoms with van der Waals surface area (Å²) in [6, 6.07) is 3.18. The molecular formula is C11H10N3O2. The highest BCUT2D eigenvalue weighted by molar-refractivity contribution is 5.85. The summed E-state index contributed by atoms with van der Waals surface area (Å²) in [5.41, 5.74) is 2.65. The van der Waals surface area contributed by atoms with E-state index in [1.165, 1.54) is 12.3 Å². The second-order valence-corrected chi connectivity index (χ2v) is 3.43. The van der Waals surface area contributed by atoms with Crippen LogP contribution in [0.25, 0.3) is 11.1 Å². The standard InChI is InChI=1S/C11H10N3O2/c1-7-9(6-13-14(7)2)8-3-4-10(11(15)16)12-5-8/h3-5H,1-2H3,(H,15,16). The van der Waals surface area contributed by atoms with Crippen LogP contribution >= 0.6 is 0 Å². The first-order valence-corrected chi connectivity index (χ1v) is 4.70. The molecule has 2 rings (SSSR count). The van der Waals surface area contributed by atoms with Crippen LogP contribution in [0.5, 0.6) is 0 Å². The van der Waals surface area contributed by atoms with Crippen molar-refractivity contribution in [1.82, 2.24) is 14.8 Å². The zero-order valence-electron chi connectivity index (χ0n) is 8.93. The lowest BCUT2D eigenvalue weighted by Gasteiger charge is -2.00. The Balaban J connectivity index is 2.42. The van der Waals surface area contributed by atoms with Crippen LogP contribution < -0.4 is 0 Å². The van der Waals surface area contributed by atoms with Crippen molar-refractivity contribution < 1.29 is 9.90 Å². The molecule has 16 heavy (non-hydrogen) atoms. The van der Waals surface area contributed by atoms with Crippen molar-refractivity contribution in [2.75, 3.05) is 0 Å². The highest BCUT2D eigenvalue weighted by atomic mass is 16.4. The highest BCUT2D eigenvalue weighted by Gasteiger charge is 2.09. The molecule has 0 saturated carbocycles. The van der Waals surface area contributed by atoms with Crippen LogP contribution in [0.3, 0.4) is 0 Å². The van der Waals surface area contributed by atoms with Gasteiger partial charge in [0.15, 0.2) is 0 Å². The van der Waals surface area contributed by atoms with Gasteiger partial charge in [0.1, 0.15) is 11.9 Å². The topological polar surface area (TPSA) is 68.0 Å². The van der Waals surface area contributed by atoms with Gasteiger partial charge >= 0.3 is 5.97 Å². The predicted octanol–water partition coefficient (Wildman–Crippen LogP) is 1.29. The van der Waals surface area contributed by atoms with Crippen LogP contribution in [0.15, 0.2) is 18.3 Å². The van der Waals surface area contributed by atoms with E-state index in [0.717, 1.165) is 16.8 Å². The van der Waals surface area contributed by atoms with Crippen molar-refractivity contribution >= 4 is 5.97 Å². The second kappa shape index (κ2) is 3.77. The Morgan fingerprint density at radius 1 is 1.50 bits per heavy atom. The van der Waals surface area contributed by atoms with Gasteiger partial charge in [0, 0.05) is 30.1 Å². The number of aromatic carboxylic acids is 1. The van der Waals surface area contributed by atoms with Gasteiger partial charge in [0.05, 0.1) is 0 Å². The van der Waals surface area contributed by atoms with Gasteiger partial charge in [-0.05, 0) is 13.0 Å². The van der Waals surface area contributed by atoms with E-state index in [0.29, 0.717) is 0 Å². The molecule has 2 heterocycles. The molecule has 0 bridgehead atoms. The number of rotatable bonds is 2. The number of carboxylic acids is 1. The van der Waals surface area contributed by atoms with Crippen LogP contribution in [0.2, 0.25) is 0 Å². The molecule has 1 N–H and O–H groups in total. The SMILES string of the molecule is Cc1c(-c2ccc(C(=O)O)nc2)[c]nn1C. The molecule has 5 heteroatoms. The Kier molecular flexibility index (Phi) is 2.44. The first-order valence-electron chi connectivity index (χ1n) is 4.70. The Morgan fingerprint density at radius 2 is 2.25 bits per heavy atom. The molecule has 0 aliphatic carbocycles. The van der Waals surface area contributed by atoms with Crippen molar-refractivity contribution in [2.24, 2.45) is 7.05 Å². The van der Waals surface area contributed by atoms with Crippen LogP contribution in [-0.2, 0) is 7.05 Å². The third-order valence-corrected chi connectivity index (χ3v) is 2.43. The van der Waals surface area contributed by atoms with E-state index in [2.05, 4.69) is 16.3 Å². The summed E-state index contributed by atoms with van der Waals surface area (Å²) in [5, 5.41) is 12.7. The average molecular weight is 216 g/mol. The largest absolute Gasteiger partial charge is 0.477 e. The summed E-state index contributed by atoms with van der Waals surface area (Å²) < 4.78 is 1.71. The molecule has 0 amide bonds. The van der Waals surface area contributed by atoms with E-state index in [4.69, 9.17) is 5.11 Å². The molecule has 0 saturated heterocycles. The zero-order chi connectivity index (χ0) is 11.7. The number of hydrogen-bond acceptors (Lipinski definition) is 3. The average Bonchev–Trinajstić information content (AvgIpc) is 2.60. The van der Waals surface area contributed by atoms with E-state index < -0.39 is 5.97 Å². The molecule has 0 unspecified atom stereocenters. The molecule has 0 aromatic carbocycles. The highest BCUT2D eigenvalue weighted by Crippen LogP contribution is 2.21. The molecule has 0 spiro atoms. The lowest BCUT2D eigenvalue weighted by atomic mass is 10.1. The minimum atomic E-state index is -1.03. The summed E-state index contributed by atoms with van der Waals surface area (Å²) in [5.74, 6) is -1.03. The number of aryl methyl sites for hydroxylation is 1. The third-order valence-electron chi connectivity index (χ3n) is 2.43. The van der Waals surface area contributed by atoms with Gasteiger partial charge < -0.3 is 5.11 Å². The molecule has 0 fully saturated rings. The molecule has 0 atom stereocenters. The Labute approximate surface area is 92.4 Å². The van der Waals surface area contributed by atoms with E-state index in [-0.39, 0.29) is 5.69 Å². The molecule has 0 aliphatic rings. The number of carboxylic acid groups (broad SMARTS) is 1.